The Hall–Kier alpha value is -4.45. The molecule has 0 aliphatic carbocycles. The van der Waals surface area contributed by atoms with Crippen LogP contribution in [0.1, 0.15) is 72.6 Å². The first kappa shape index (κ1) is 49.7. The number of aliphatic hydroxyl groups excluding tert-OH is 2. The fourth-order valence-corrected chi connectivity index (χ4v) is 6.89. The average Bonchev–Trinajstić information content (AvgIpc) is 3.82. The summed E-state index contributed by atoms with van der Waals surface area (Å²) in [6.45, 7) is 5.21. The molecular weight excluding hydrogens is 789 g/mol. The number of likely N-dealkylation sites (tertiary alicyclic amines) is 2. The van der Waals surface area contributed by atoms with E-state index in [2.05, 4.69) is 30.8 Å². The zero-order valence-electron chi connectivity index (χ0n) is 33.1. The van der Waals surface area contributed by atoms with Crippen molar-refractivity contribution in [2.45, 2.75) is 127 Å². The highest BCUT2D eigenvalue weighted by molar-refractivity contribution is 7.46. The standard InChI is InChI=1S/C33H60N11O13P/c1-16(2)14-20(31(52)43-12-6-10-23(43)30(51)41-24(17(3)45)26(35)47)39-28(49)21(15-57-58(54,55)56)40-29(50)22-9-7-13-44(22)32(53)25(18(4)46)42-27(48)19(34)8-5-11-38-33(36)37/h16-25,45-46H,5-15,34H2,1-4H3,(H2,35,47)(H,39,49)(H,40,50)(H,41,51)(H,42,48)(H4,36,37,38)(H2,54,55,56)/t17-,18-,19+,20+,21+,22+,23+,24+,25+/m1/s1. The summed E-state index contributed by atoms with van der Waals surface area (Å²) in [4.78, 5) is 118. The van der Waals surface area contributed by atoms with Crippen molar-refractivity contribution in [2.24, 2.45) is 33.8 Å². The Morgan fingerprint density at radius 2 is 1.31 bits per heavy atom. The number of nitrogens with one attached hydrogen (secondary N) is 4. The van der Waals surface area contributed by atoms with Gasteiger partial charge in [0.15, 0.2) is 5.96 Å². The van der Waals surface area contributed by atoms with Gasteiger partial charge in [-0.1, -0.05) is 13.8 Å². The van der Waals surface area contributed by atoms with Crippen LogP contribution in [0.15, 0.2) is 4.99 Å². The average molecular weight is 850 g/mol. The van der Waals surface area contributed by atoms with Gasteiger partial charge in [0.1, 0.15) is 36.3 Å². The van der Waals surface area contributed by atoms with Crippen LogP contribution in [-0.2, 0) is 42.7 Å². The van der Waals surface area contributed by atoms with E-state index < -0.39 is 110 Å². The zero-order valence-corrected chi connectivity index (χ0v) is 34.0. The van der Waals surface area contributed by atoms with Gasteiger partial charge in [-0.25, -0.2) is 4.57 Å². The molecule has 0 aromatic rings. The molecule has 2 aliphatic rings. The summed E-state index contributed by atoms with van der Waals surface area (Å²) in [5.41, 5.74) is 21.8. The predicted octanol–water partition coefficient (Wildman–Crippen LogP) is -5.31. The molecule has 7 amide bonds. The molecule has 330 valence electrons. The molecule has 0 spiro atoms. The van der Waals surface area contributed by atoms with Crippen LogP contribution in [0.25, 0.3) is 0 Å². The van der Waals surface area contributed by atoms with Gasteiger partial charge in [0.05, 0.1) is 24.9 Å². The van der Waals surface area contributed by atoms with Crippen LogP contribution in [-0.4, -0.2) is 158 Å². The number of phosphoric acid groups is 1. The lowest BCUT2D eigenvalue weighted by Gasteiger charge is -2.32. The van der Waals surface area contributed by atoms with Gasteiger partial charge in [0.2, 0.25) is 41.4 Å². The van der Waals surface area contributed by atoms with Crippen LogP contribution in [0.4, 0.5) is 0 Å². The second-order valence-electron chi connectivity index (χ2n) is 14.8. The van der Waals surface area contributed by atoms with Crippen LogP contribution in [0.2, 0.25) is 0 Å². The molecule has 0 unspecified atom stereocenters. The fraction of sp³-hybridized carbons (Fsp3) is 0.758. The highest BCUT2D eigenvalue weighted by Crippen LogP contribution is 2.35. The minimum absolute atomic E-state index is 0.00334. The first-order valence-corrected chi connectivity index (χ1v) is 20.5. The van der Waals surface area contributed by atoms with Crippen LogP contribution < -0.4 is 44.2 Å². The molecule has 58 heavy (non-hydrogen) atoms. The maximum absolute atomic E-state index is 13.9. The van der Waals surface area contributed by atoms with Crippen molar-refractivity contribution < 1.29 is 62.7 Å². The Morgan fingerprint density at radius 3 is 1.79 bits per heavy atom. The summed E-state index contributed by atoms with van der Waals surface area (Å²) in [5.74, 6) is -6.48. The maximum Gasteiger partial charge on any atom is 0.469 e. The molecule has 2 rings (SSSR count). The van der Waals surface area contributed by atoms with Gasteiger partial charge >= 0.3 is 7.82 Å². The van der Waals surface area contributed by atoms with E-state index in [1.165, 1.54) is 18.7 Å². The van der Waals surface area contributed by atoms with Gasteiger partial charge < -0.3 is 74.0 Å². The number of nitrogens with zero attached hydrogens (tertiary/aromatic N) is 3. The van der Waals surface area contributed by atoms with E-state index in [1.54, 1.807) is 13.8 Å². The number of nitrogens with two attached hydrogens (primary N) is 4. The van der Waals surface area contributed by atoms with Crippen molar-refractivity contribution in [3.63, 3.8) is 0 Å². The molecular formula is C33H60N11O13P. The van der Waals surface area contributed by atoms with Crippen LogP contribution in [0, 0.1) is 5.92 Å². The fourth-order valence-electron chi connectivity index (χ4n) is 6.55. The number of rotatable bonds is 22. The number of primary amides is 1. The first-order chi connectivity index (χ1) is 26.9. The van der Waals surface area contributed by atoms with Crippen molar-refractivity contribution >= 4 is 55.1 Å². The van der Waals surface area contributed by atoms with Gasteiger partial charge in [-0.2, -0.15) is 0 Å². The summed E-state index contributed by atoms with van der Waals surface area (Å²) in [5, 5.41) is 30.0. The van der Waals surface area contributed by atoms with Gasteiger partial charge in [0, 0.05) is 19.6 Å². The SMILES string of the molecule is CC(C)C[C@H](NC(=O)[C@H](COP(=O)(O)O)NC(=O)[C@@H]1CCCN1C(=O)[C@@H](NC(=O)[C@@H](N)CCCN=C(N)N)[C@@H](C)O)C(=O)N1CCC[C@H]1C(=O)N[C@H](C(N)=O)[C@@H](C)O. The first-order valence-electron chi connectivity index (χ1n) is 18.9. The third-order valence-electron chi connectivity index (χ3n) is 9.48. The van der Waals surface area contributed by atoms with E-state index in [9.17, 15) is 58.1 Å². The smallest absolute Gasteiger partial charge is 0.391 e. The number of carbonyl (C=O) groups is 7. The van der Waals surface area contributed by atoms with Gasteiger partial charge in [-0.15, -0.1) is 0 Å². The zero-order chi connectivity index (χ0) is 44.1. The molecule has 2 fully saturated rings. The largest absolute Gasteiger partial charge is 0.469 e. The number of hydrogen-bond acceptors (Lipinski definition) is 13. The summed E-state index contributed by atoms with van der Waals surface area (Å²) in [6, 6.07) is -9.59. The summed E-state index contributed by atoms with van der Waals surface area (Å²) < 4.78 is 16.2. The molecule has 0 aromatic carbocycles. The highest BCUT2D eigenvalue weighted by Gasteiger charge is 2.43. The Balaban J connectivity index is 2.28. The molecule has 25 heteroatoms. The minimum atomic E-state index is -5.22. The quantitative estimate of drug-likeness (QED) is 0.0209. The van der Waals surface area contributed by atoms with E-state index in [-0.39, 0.29) is 63.6 Å². The number of aliphatic hydroxyl groups is 2. The van der Waals surface area contributed by atoms with Crippen molar-refractivity contribution in [3.05, 3.63) is 0 Å². The molecule has 0 bridgehead atoms. The molecule has 0 radical (unpaired) electrons. The second kappa shape index (κ2) is 22.6. The van der Waals surface area contributed by atoms with Crippen molar-refractivity contribution in [1.29, 1.82) is 0 Å². The van der Waals surface area contributed by atoms with Crippen molar-refractivity contribution in [1.82, 2.24) is 31.1 Å². The number of carbonyl (C=O) groups excluding carboxylic acids is 7. The van der Waals surface area contributed by atoms with Crippen LogP contribution in [0.3, 0.4) is 0 Å². The van der Waals surface area contributed by atoms with Crippen molar-refractivity contribution in [2.75, 3.05) is 26.2 Å². The molecule has 0 aromatic heterocycles. The molecule has 0 saturated carbocycles. The normalized spacial score (nSPS) is 20.5. The van der Waals surface area contributed by atoms with Gasteiger partial charge in [-0.05, 0) is 64.7 Å². The maximum atomic E-state index is 13.9. The third-order valence-corrected chi connectivity index (χ3v) is 9.96. The monoisotopic (exact) mass is 849 g/mol. The number of hydrogen-bond donors (Lipinski definition) is 12. The van der Waals surface area contributed by atoms with E-state index in [4.69, 9.17) is 22.9 Å². The van der Waals surface area contributed by atoms with E-state index in [0.29, 0.717) is 12.8 Å². The Labute approximate surface area is 335 Å². The predicted molar refractivity (Wildman–Crippen MR) is 205 cm³/mol. The van der Waals surface area contributed by atoms with Crippen molar-refractivity contribution in [3.8, 4) is 0 Å². The van der Waals surface area contributed by atoms with E-state index in [1.807, 2.05) is 0 Å². The van der Waals surface area contributed by atoms with Gasteiger partial charge in [-0.3, -0.25) is 43.1 Å². The molecule has 24 nitrogen and oxygen atoms in total. The van der Waals surface area contributed by atoms with E-state index in [0.717, 1.165) is 4.90 Å². The second-order valence-corrected chi connectivity index (χ2v) is 16.1. The number of phosphoric ester groups is 1. The lowest BCUT2D eigenvalue weighted by atomic mass is 10.0. The lowest BCUT2D eigenvalue weighted by molar-refractivity contribution is -0.145. The molecule has 2 aliphatic heterocycles. The molecule has 9 atom stereocenters. The van der Waals surface area contributed by atoms with E-state index >= 15 is 0 Å². The Morgan fingerprint density at radius 1 is 0.776 bits per heavy atom. The molecule has 16 N–H and O–H groups in total. The topological polar surface area (TPSA) is 398 Å². The van der Waals surface area contributed by atoms with Gasteiger partial charge in [0.25, 0.3) is 0 Å². The van der Waals surface area contributed by atoms with Crippen LogP contribution in [0.5, 0.6) is 0 Å². The lowest BCUT2D eigenvalue weighted by Crippen LogP contribution is -2.61. The summed E-state index contributed by atoms with van der Waals surface area (Å²) in [7, 11) is -5.22. The number of guanidine groups is 1. The molecule has 2 saturated heterocycles. The molecule has 2 heterocycles. The number of aliphatic imine (C=N–C) groups is 1. The minimum Gasteiger partial charge on any atom is -0.391 e. The summed E-state index contributed by atoms with van der Waals surface area (Å²) in [6.07, 6.45) is -1.37. The Bertz CT molecular complexity index is 1560. The number of amides is 7. The highest BCUT2D eigenvalue weighted by atomic mass is 31.2. The summed E-state index contributed by atoms with van der Waals surface area (Å²) >= 11 is 0. The Kier molecular flexibility index (Phi) is 19.4. The van der Waals surface area contributed by atoms with Crippen LogP contribution >= 0.6 is 7.82 Å². The third kappa shape index (κ3) is 15.4.